The second kappa shape index (κ2) is 8.26. The maximum atomic E-state index is 13.1. The lowest BCUT2D eigenvalue weighted by molar-refractivity contribution is -0.124. The zero-order valence-corrected chi connectivity index (χ0v) is 17.7. The largest absolute Gasteiger partial charge is 0.468 e. The number of carbonyl (C=O) groups excluding carboxylic acids is 1. The molecule has 2 aromatic carbocycles. The summed E-state index contributed by atoms with van der Waals surface area (Å²) in [7, 11) is -3.75. The summed E-state index contributed by atoms with van der Waals surface area (Å²) in [6.45, 7) is 0.0472. The van der Waals surface area contributed by atoms with Gasteiger partial charge in [0.05, 0.1) is 23.1 Å². The first kappa shape index (κ1) is 20.7. The van der Waals surface area contributed by atoms with E-state index in [9.17, 15) is 13.2 Å². The maximum absolute atomic E-state index is 13.1. The number of hydrogen-bond acceptors (Lipinski definition) is 4. The van der Waals surface area contributed by atoms with Crippen LogP contribution >= 0.6 is 11.6 Å². The molecule has 3 aromatic rings. The van der Waals surface area contributed by atoms with Gasteiger partial charge in [0.15, 0.2) is 0 Å². The van der Waals surface area contributed by atoms with E-state index in [1.54, 1.807) is 36.4 Å². The van der Waals surface area contributed by atoms with E-state index < -0.39 is 15.4 Å². The molecule has 0 bridgehead atoms. The molecule has 6 nitrogen and oxygen atoms in total. The SMILES string of the molecule is O=C(Nc1cccc(S(=O)(=O)NCc2ccco2)c1)C1(c2ccc(Cl)cc2)CCC1. The number of rotatable bonds is 7. The van der Waals surface area contributed by atoms with E-state index in [1.165, 1.54) is 18.4 Å². The first-order valence-electron chi connectivity index (χ1n) is 9.59. The molecule has 156 valence electrons. The van der Waals surface area contributed by atoms with Crippen molar-refractivity contribution in [1.82, 2.24) is 4.72 Å². The Kier molecular flexibility index (Phi) is 5.69. The molecule has 8 heteroatoms. The zero-order valence-electron chi connectivity index (χ0n) is 16.1. The van der Waals surface area contributed by atoms with Crippen molar-refractivity contribution in [2.75, 3.05) is 5.32 Å². The normalized spacial score (nSPS) is 15.4. The second-order valence-electron chi connectivity index (χ2n) is 7.33. The van der Waals surface area contributed by atoms with Gasteiger partial charge in [0.25, 0.3) is 0 Å². The van der Waals surface area contributed by atoms with Crippen LogP contribution in [0.1, 0.15) is 30.6 Å². The van der Waals surface area contributed by atoms with Crippen LogP contribution in [-0.4, -0.2) is 14.3 Å². The Morgan fingerprint density at radius 1 is 1.07 bits per heavy atom. The first-order valence-corrected chi connectivity index (χ1v) is 11.4. The number of benzene rings is 2. The number of carbonyl (C=O) groups is 1. The van der Waals surface area contributed by atoms with Gasteiger partial charge in [-0.25, -0.2) is 13.1 Å². The van der Waals surface area contributed by atoms with Gasteiger partial charge in [-0.15, -0.1) is 0 Å². The number of anilines is 1. The number of furan rings is 1. The van der Waals surface area contributed by atoms with Crippen molar-refractivity contribution in [2.45, 2.75) is 36.1 Å². The third-order valence-corrected chi connectivity index (χ3v) is 7.11. The van der Waals surface area contributed by atoms with Crippen LogP contribution in [0.2, 0.25) is 5.02 Å². The summed E-state index contributed by atoms with van der Waals surface area (Å²) >= 11 is 5.98. The fourth-order valence-corrected chi connectivity index (χ4v) is 4.77. The summed E-state index contributed by atoms with van der Waals surface area (Å²) in [5.74, 6) is 0.368. The average molecular weight is 445 g/mol. The van der Waals surface area contributed by atoms with Gasteiger partial charge in [-0.2, -0.15) is 0 Å². The van der Waals surface area contributed by atoms with Crippen LogP contribution < -0.4 is 10.0 Å². The van der Waals surface area contributed by atoms with Crippen LogP contribution in [0.3, 0.4) is 0 Å². The Labute approximate surface area is 180 Å². The van der Waals surface area contributed by atoms with Gasteiger partial charge in [0, 0.05) is 10.7 Å². The first-order chi connectivity index (χ1) is 14.4. The van der Waals surface area contributed by atoms with Crippen molar-refractivity contribution in [2.24, 2.45) is 0 Å². The van der Waals surface area contributed by atoms with Gasteiger partial charge < -0.3 is 9.73 Å². The van der Waals surface area contributed by atoms with Gasteiger partial charge >= 0.3 is 0 Å². The minimum absolute atomic E-state index is 0.0472. The molecule has 1 aromatic heterocycles. The smallest absolute Gasteiger partial charge is 0.241 e. The average Bonchev–Trinajstić information content (AvgIpc) is 3.21. The highest BCUT2D eigenvalue weighted by atomic mass is 35.5. The number of nitrogens with one attached hydrogen (secondary N) is 2. The quantitative estimate of drug-likeness (QED) is 0.562. The van der Waals surface area contributed by atoms with Crippen molar-refractivity contribution in [3.8, 4) is 0 Å². The van der Waals surface area contributed by atoms with E-state index >= 15 is 0 Å². The van der Waals surface area contributed by atoms with E-state index in [0.717, 1.165) is 24.8 Å². The topological polar surface area (TPSA) is 88.4 Å². The lowest BCUT2D eigenvalue weighted by Crippen LogP contribution is -2.46. The maximum Gasteiger partial charge on any atom is 0.241 e. The fourth-order valence-electron chi connectivity index (χ4n) is 3.60. The van der Waals surface area contributed by atoms with Gasteiger partial charge in [-0.05, 0) is 60.9 Å². The molecule has 1 heterocycles. The molecule has 30 heavy (non-hydrogen) atoms. The summed E-state index contributed by atoms with van der Waals surface area (Å²) in [5, 5.41) is 3.52. The Morgan fingerprint density at radius 3 is 2.47 bits per heavy atom. The molecule has 0 spiro atoms. The Morgan fingerprint density at radius 2 is 1.83 bits per heavy atom. The Hall–Kier alpha value is -2.61. The third kappa shape index (κ3) is 4.14. The van der Waals surface area contributed by atoms with Crippen molar-refractivity contribution in [1.29, 1.82) is 0 Å². The summed E-state index contributed by atoms with van der Waals surface area (Å²) in [6, 6.07) is 16.9. The lowest BCUT2D eigenvalue weighted by Gasteiger charge is -2.40. The second-order valence-corrected chi connectivity index (χ2v) is 9.53. The number of amides is 1. The predicted molar refractivity (Wildman–Crippen MR) is 115 cm³/mol. The zero-order chi connectivity index (χ0) is 21.2. The van der Waals surface area contributed by atoms with E-state index in [0.29, 0.717) is 16.5 Å². The van der Waals surface area contributed by atoms with Crippen LogP contribution in [0.4, 0.5) is 5.69 Å². The molecular weight excluding hydrogens is 424 g/mol. The van der Waals surface area contributed by atoms with Crippen LogP contribution in [0, 0.1) is 0 Å². The number of sulfonamides is 1. The van der Waals surface area contributed by atoms with Crippen LogP contribution in [0.15, 0.2) is 76.2 Å². The van der Waals surface area contributed by atoms with Gasteiger partial charge in [0.2, 0.25) is 15.9 Å². The van der Waals surface area contributed by atoms with E-state index in [1.807, 2.05) is 12.1 Å². The third-order valence-electron chi connectivity index (χ3n) is 5.46. The molecule has 0 radical (unpaired) electrons. The van der Waals surface area contributed by atoms with Crippen molar-refractivity contribution < 1.29 is 17.6 Å². The molecule has 1 fully saturated rings. The molecule has 0 aliphatic heterocycles. The van der Waals surface area contributed by atoms with Crippen LogP contribution in [-0.2, 0) is 26.8 Å². The fraction of sp³-hybridized carbons (Fsp3) is 0.227. The lowest BCUT2D eigenvalue weighted by atomic mass is 9.64. The highest BCUT2D eigenvalue weighted by molar-refractivity contribution is 7.89. The summed E-state index contributed by atoms with van der Waals surface area (Å²) in [5.41, 5.74) is 0.734. The molecular formula is C22H21ClN2O4S. The molecule has 0 unspecified atom stereocenters. The monoisotopic (exact) mass is 444 g/mol. The summed E-state index contributed by atoms with van der Waals surface area (Å²) in [4.78, 5) is 13.2. The molecule has 0 saturated heterocycles. The van der Waals surface area contributed by atoms with Crippen molar-refractivity contribution >= 4 is 33.2 Å². The Balaban J connectivity index is 1.51. The van der Waals surface area contributed by atoms with Gasteiger partial charge in [-0.1, -0.05) is 36.2 Å². The standard InChI is InChI=1S/C22H21ClN2O4S/c23-17-9-7-16(8-10-17)22(11-3-12-22)21(26)25-18-4-1-6-20(14-18)30(27,28)24-15-19-5-2-13-29-19/h1-2,4-10,13-14,24H,3,11-12,15H2,(H,25,26). The summed E-state index contributed by atoms with van der Waals surface area (Å²) in [6.07, 6.45) is 3.92. The van der Waals surface area contributed by atoms with Crippen LogP contribution in [0.5, 0.6) is 0 Å². The molecule has 1 saturated carbocycles. The van der Waals surface area contributed by atoms with Crippen molar-refractivity contribution in [3.05, 3.63) is 83.3 Å². The molecule has 1 amide bonds. The minimum Gasteiger partial charge on any atom is -0.468 e. The summed E-state index contributed by atoms with van der Waals surface area (Å²) < 4.78 is 32.9. The van der Waals surface area contributed by atoms with Crippen LogP contribution in [0.25, 0.3) is 0 Å². The van der Waals surface area contributed by atoms with Crippen molar-refractivity contribution in [3.63, 3.8) is 0 Å². The van der Waals surface area contributed by atoms with E-state index in [4.69, 9.17) is 16.0 Å². The molecule has 4 rings (SSSR count). The predicted octanol–water partition coefficient (Wildman–Crippen LogP) is 4.47. The highest BCUT2D eigenvalue weighted by Gasteiger charge is 2.45. The minimum atomic E-state index is -3.75. The Bertz CT molecular complexity index is 1140. The molecule has 2 N–H and O–H groups in total. The van der Waals surface area contributed by atoms with E-state index in [-0.39, 0.29) is 17.3 Å². The molecule has 1 aliphatic carbocycles. The van der Waals surface area contributed by atoms with E-state index in [2.05, 4.69) is 10.0 Å². The number of hydrogen-bond donors (Lipinski definition) is 2. The molecule has 1 aliphatic rings. The van der Waals surface area contributed by atoms with Gasteiger partial charge in [0.1, 0.15) is 5.76 Å². The highest BCUT2D eigenvalue weighted by Crippen LogP contribution is 2.45. The molecule has 0 atom stereocenters. The number of halogens is 1. The van der Waals surface area contributed by atoms with Gasteiger partial charge in [-0.3, -0.25) is 4.79 Å².